The molecule has 0 radical (unpaired) electrons. The van der Waals surface area contributed by atoms with Crippen LogP contribution in [0.1, 0.15) is 0 Å². The zero-order valence-electron chi connectivity index (χ0n) is 12.6. The molecule has 3 aromatic rings. The average molecular weight is 421 g/mol. The first-order valence-electron chi connectivity index (χ1n) is 7.22. The minimum atomic E-state index is -4.25. The molecule has 122 valence electrons. The first-order valence-corrected chi connectivity index (χ1v) is 12.7. The average Bonchev–Trinajstić information content (AvgIpc) is 2.62. The second kappa shape index (κ2) is 6.79. The van der Waals surface area contributed by atoms with E-state index in [9.17, 15) is 13.0 Å². The number of rotatable bonds is 4. The summed E-state index contributed by atoms with van der Waals surface area (Å²) in [6.07, 6.45) is 0. The number of hydrogen-bond donors (Lipinski definition) is 1. The first kappa shape index (κ1) is 17.3. The summed E-state index contributed by atoms with van der Waals surface area (Å²) >= 11 is 3.35. The van der Waals surface area contributed by atoms with Gasteiger partial charge in [0.1, 0.15) is 0 Å². The van der Waals surface area contributed by atoms with E-state index >= 15 is 0 Å². The molecule has 0 aromatic heterocycles. The molecule has 0 amide bonds. The first-order chi connectivity index (χ1) is 11.4. The summed E-state index contributed by atoms with van der Waals surface area (Å²) in [4.78, 5) is -0.0912. The van der Waals surface area contributed by atoms with Crippen molar-refractivity contribution in [1.82, 2.24) is 0 Å². The van der Waals surface area contributed by atoms with Crippen molar-refractivity contribution in [3.63, 3.8) is 0 Å². The van der Waals surface area contributed by atoms with Gasteiger partial charge in [-0.15, -0.1) is 0 Å². The Morgan fingerprint density at radius 2 is 1.17 bits per heavy atom. The van der Waals surface area contributed by atoms with Gasteiger partial charge in [0.05, 0.1) is 0 Å². The van der Waals surface area contributed by atoms with Crippen molar-refractivity contribution < 1.29 is 13.0 Å². The van der Waals surface area contributed by atoms with Crippen LogP contribution < -0.4 is 15.9 Å². The van der Waals surface area contributed by atoms with Gasteiger partial charge in [-0.1, -0.05) is 0 Å². The molecule has 0 aliphatic heterocycles. The summed E-state index contributed by atoms with van der Waals surface area (Å²) in [6.45, 7) is 0. The predicted octanol–water partition coefficient (Wildman–Crippen LogP) is 2.31. The molecule has 0 heterocycles. The Kier molecular flexibility index (Phi) is 4.91. The topological polar surface area (TPSA) is 54.4 Å². The van der Waals surface area contributed by atoms with Crippen molar-refractivity contribution in [1.29, 1.82) is 0 Å². The van der Waals surface area contributed by atoms with Crippen LogP contribution in [0.4, 0.5) is 0 Å². The third kappa shape index (κ3) is 3.32. The SMILES string of the molecule is O=S(=O)(O)c1cccc(P(=[Se])(c2ccccc2)c2ccccc2)c1. The molecular weight excluding hydrogens is 406 g/mol. The molecule has 3 nitrogen and oxygen atoms in total. The molecule has 0 aliphatic carbocycles. The monoisotopic (exact) mass is 422 g/mol. The third-order valence-electron chi connectivity index (χ3n) is 3.72. The van der Waals surface area contributed by atoms with E-state index in [4.69, 9.17) is 0 Å². The van der Waals surface area contributed by atoms with Gasteiger partial charge in [0.25, 0.3) is 0 Å². The Hall–Kier alpha value is -1.48. The van der Waals surface area contributed by atoms with Gasteiger partial charge in [-0.25, -0.2) is 0 Å². The molecule has 0 aliphatic rings. The Morgan fingerprint density at radius 3 is 1.62 bits per heavy atom. The van der Waals surface area contributed by atoms with Crippen LogP contribution in [-0.4, -0.2) is 28.1 Å². The van der Waals surface area contributed by atoms with E-state index in [1.807, 2.05) is 66.7 Å². The van der Waals surface area contributed by atoms with Crippen molar-refractivity contribution in [2.45, 2.75) is 4.90 Å². The minimum absolute atomic E-state index is 0.0912. The van der Waals surface area contributed by atoms with E-state index in [1.54, 1.807) is 12.1 Å². The molecule has 3 aromatic carbocycles. The Morgan fingerprint density at radius 1 is 0.708 bits per heavy atom. The third-order valence-corrected chi connectivity index (χ3v) is 11.6. The molecule has 3 rings (SSSR count). The molecule has 0 bridgehead atoms. The van der Waals surface area contributed by atoms with Crippen LogP contribution in [0.5, 0.6) is 0 Å². The quantitative estimate of drug-likeness (QED) is 0.400. The predicted molar refractivity (Wildman–Crippen MR) is 101 cm³/mol. The fourth-order valence-corrected chi connectivity index (χ4v) is 8.12. The van der Waals surface area contributed by atoms with Crippen LogP contribution >= 0.6 is 5.51 Å². The molecule has 0 spiro atoms. The summed E-state index contributed by atoms with van der Waals surface area (Å²) < 4.78 is 32.5. The van der Waals surface area contributed by atoms with Crippen LogP contribution in [0.2, 0.25) is 0 Å². The molecule has 0 unspecified atom stereocenters. The van der Waals surface area contributed by atoms with Gasteiger partial charge < -0.3 is 0 Å². The van der Waals surface area contributed by atoms with Gasteiger partial charge in [0, 0.05) is 0 Å². The molecule has 6 heteroatoms. The van der Waals surface area contributed by atoms with Crippen LogP contribution in [0.3, 0.4) is 0 Å². The van der Waals surface area contributed by atoms with E-state index in [0.717, 1.165) is 15.9 Å². The van der Waals surface area contributed by atoms with E-state index < -0.39 is 15.6 Å². The zero-order chi connectivity index (χ0) is 17.2. The summed E-state index contributed by atoms with van der Waals surface area (Å²) in [5.41, 5.74) is -2.12. The van der Waals surface area contributed by atoms with Crippen LogP contribution in [0.25, 0.3) is 0 Å². The molecule has 1 N–H and O–H groups in total. The van der Waals surface area contributed by atoms with E-state index in [2.05, 4.69) is 15.1 Å². The Balaban J connectivity index is 2.30. The molecule has 0 saturated carbocycles. The number of hydrogen-bond acceptors (Lipinski definition) is 2. The van der Waals surface area contributed by atoms with Gasteiger partial charge in [-0.2, -0.15) is 0 Å². The van der Waals surface area contributed by atoms with Crippen molar-refractivity contribution in [3.8, 4) is 0 Å². The summed E-state index contributed by atoms with van der Waals surface area (Å²) in [7, 11) is -4.25. The van der Waals surface area contributed by atoms with Gasteiger partial charge in [0.2, 0.25) is 0 Å². The van der Waals surface area contributed by atoms with Gasteiger partial charge in [0.15, 0.2) is 0 Å². The second-order valence-electron chi connectivity index (χ2n) is 5.25. The molecular formula is C18H15O3PSSe. The van der Waals surface area contributed by atoms with Crippen molar-refractivity contribution in [3.05, 3.63) is 84.9 Å². The molecule has 24 heavy (non-hydrogen) atoms. The molecule has 0 atom stereocenters. The normalized spacial score (nSPS) is 12.0. The molecule has 0 fully saturated rings. The Bertz CT molecular complexity index is 959. The fourth-order valence-electron chi connectivity index (χ4n) is 2.56. The zero-order valence-corrected chi connectivity index (χ0v) is 16.0. The Labute approximate surface area is 149 Å². The van der Waals surface area contributed by atoms with Crippen LogP contribution in [0, 0.1) is 0 Å². The van der Waals surface area contributed by atoms with E-state index in [0.29, 0.717) is 0 Å². The summed E-state index contributed by atoms with van der Waals surface area (Å²) in [5, 5.41) is 3.06. The van der Waals surface area contributed by atoms with Gasteiger partial charge >= 0.3 is 149 Å². The van der Waals surface area contributed by atoms with E-state index in [1.165, 1.54) is 6.07 Å². The second-order valence-corrected chi connectivity index (χ2v) is 12.9. The van der Waals surface area contributed by atoms with Crippen LogP contribution in [0.15, 0.2) is 89.8 Å². The van der Waals surface area contributed by atoms with E-state index in [-0.39, 0.29) is 4.90 Å². The van der Waals surface area contributed by atoms with Crippen molar-refractivity contribution in [2.75, 3.05) is 0 Å². The standard InChI is InChI=1S/C18H15O3PSSe/c19-23(20,21)18-13-7-12-17(14-18)22(24,15-8-3-1-4-9-15)16-10-5-2-6-11-16/h1-14H,(H,19,20,21). The summed E-state index contributed by atoms with van der Waals surface area (Å²) in [5.74, 6) is 0. The number of benzene rings is 3. The van der Waals surface area contributed by atoms with Gasteiger partial charge in [-0.3, -0.25) is 0 Å². The van der Waals surface area contributed by atoms with Crippen molar-refractivity contribution in [2.24, 2.45) is 0 Å². The summed E-state index contributed by atoms with van der Waals surface area (Å²) in [6, 6.07) is 26.5. The maximum atomic E-state index is 11.5. The van der Waals surface area contributed by atoms with Gasteiger partial charge in [-0.05, 0) is 0 Å². The maximum absolute atomic E-state index is 11.5. The van der Waals surface area contributed by atoms with Crippen LogP contribution in [-0.2, 0) is 10.1 Å². The van der Waals surface area contributed by atoms with Crippen molar-refractivity contribution >= 4 is 46.6 Å². The molecule has 0 saturated heterocycles. The fraction of sp³-hybridized carbons (Fsp3) is 0.